The van der Waals surface area contributed by atoms with Gasteiger partial charge in [-0.05, 0) is 30.6 Å². The first-order valence-corrected chi connectivity index (χ1v) is 11.1. The zero-order chi connectivity index (χ0) is 24.9. The minimum Gasteiger partial charge on any atom is -0.493 e. The van der Waals surface area contributed by atoms with E-state index in [4.69, 9.17) is 18.6 Å². The Morgan fingerprint density at radius 2 is 1.89 bits per heavy atom. The third-order valence-electron chi connectivity index (χ3n) is 5.80. The predicted molar refractivity (Wildman–Crippen MR) is 132 cm³/mol. The first kappa shape index (κ1) is 24.2. The molecule has 1 aliphatic heterocycles. The maximum atomic E-state index is 15.3. The summed E-state index contributed by atoms with van der Waals surface area (Å²) in [5.74, 6) is 1.60. The fourth-order valence-electron chi connectivity index (χ4n) is 3.96. The molecule has 3 heterocycles. The van der Waals surface area contributed by atoms with Gasteiger partial charge >= 0.3 is 0 Å². The summed E-state index contributed by atoms with van der Waals surface area (Å²) in [7, 11) is 4.62. The van der Waals surface area contributed by atoms with Gasteiger partial charge in [-0.1, -0.05) is 6.92 Å². The van der Waals surface area contributed by atoms with Crippen LogP contribution in [0.25, 0.3) is 11.1 Å². The molecule has 8 nitrogen and oxygen atoms in total. The van der Waals surface area contributed by atoms with E-state index in [0.717, 1.165) is 16.7 Å². The molecule has 0 spiro atoms. The van der Waals surface area contributed by atoms with Crippen molar-refractivity contribution >= 4 is 11.5 Å². The van der Waals surface area contributed by atoms with Crippen molar-refractivity contribution in [2.24, 2.45) is 4.99 Å². The molecule has 1 aromatic carbocycles. The first-order chi connectivity index (χ1) is 17.0. The molecule has 1 aliphatic rings. The van der Waals surface area contributed by atoms with Crippen LogP contribution in [0.15, 0.2) is 75.8 Å². The summed E-state index contributed by atoms with van der Waals surface area (Å²) in [6, 6.07) is 5.32. The van der Waals surface area contributed by atoms with Crippen LogP contribution in [-0.4, -0.2) is 36.8 Å². The van der Waals surface area contributed by atoms with Gasteiger partial charge in [0, 0.05) is 46.9 Å². The largest absolute Gasteiger partial charge is 0.493 e. The number of allylic oxidation sites excluding steroid dienone is 3. The average Bonchev–Trinajstić information content (AvgIpc) is 3.53. The maximum Gasteiger partial charge on any atom is 0.203 e. The fourth-order valence-corrected chi connectivity index (χ4v) is 3.96. The molecular weight excluding hydrogens is 453 g/mol. The summed E-state index contributed by atoms with van der Waals surface area (Å²) >= 11 is 0. The number of hydrogen-bond donors (Lipinski definition) is 2. The van der Waals surface area contributed by atoms with E-state index in [1.807, 2.05) is 6.92 Å². The summed E-state index contributed by atoms with van der Waals surface area (Å²) in [4.78, 5) is 4.68. The molecule has 2 N–H and O–H groups in total. The lowest BCUT2D eigenvalue weighted by atomic mass is 10.1. The summed E-state index contributed by atoms with van der Waals surface area (Å²) in [6.45, 7) is 1.79. The lowest BCUT2D eigenvalue weighted by molar-refractivity contribution is 0.282. The van der Waals surface area contributed by atoms with Crippen molar-refractivity contribution < 1.29 is 28.1 Å². The average molecular weight is 482 g/mol. The molecule has 0 saturated heterocycles. The molecule has 2 aromatic heterocycles. The third kappa shape index (κ3) is 4.81. The number of anilines is 1. The van der Waals surface area contributed by atoms with Crippen LogP contribution < -0.4 is 19.5 Å². The van der Waals surface area contributed by atoms with Gasteiger partial charge in [0.2, 0.25) is 5.75 Å². The summed E-state index contributed by atoms with van der Waals surface area (Å²) < 4.78 is 38.3. The van der Waals surface area contributed by atoms with Crippen molar-refractivity contribution in [1.29, 1.82) is 0 Å². The molecule has 0 aliphatic carbocycles. The predicted octanol–water partition coefficient (Wildman–Crippen LogP) is 5.50. The second-order valence-electron chi connectivity index (χ2n) is 7.81. The Bertz CT molecular complexity index is 1260. The van der Waals surface area contributed by atoms with Gasteiger partial charge < -0.3 is 33.6 Å². The topological polar surface area (TPSA) is 90.4 Å². The number of nitrogens with zero attached hydrogens (tertiary/aromatic N) is 2. The lowest BCUT2D eigenvalue weighted by Crippen LogP contribution is -2.12. The van der Waals surface area contributed by atoms with E-state index >= 15 is 4.39 Å². The number of aliphatic hydroxyl groups excluding tert-OH is 1. The Morgan fingerprint density at radius 3 is 2.46 bits per heavy atom. The highest BCUT2D eigenvalue weighted by Crippen LogP contribution is 2.40. The van der Waals surface area contributed by atoms with Crippen molar-refractivity contribution in [2.75, 3.05) is 26.6 Å². The van der Waals surface area contributed by atoms with Crippen LogP contribution in [0, 0.1) is 0 Å². The van der Waals surface area contributed by atoms with Crippen LogP contribution in [0.1, 0.15) is 25.3 Å². The minimum atomic E-state index is -0.462. The molecule has 0 bridgehead atoms. The number of aliphatic hydroxyl groups is 1. The van der Waals surface area contributed by atoms with Gasteiger partial charge in [-0.2, -0.15) is 0 Å². The van der Waals surface area contributed by atoms with Gasteiger partial charge in [-0.15, -0.1) is 0 Å². The molecule has 0 saturated carbocycles. The van der Waals surface area contributed by atoms with Crippen molar-refractivity contribution in [3.05, 3.63) is 72.0 Å². The fraction of sp³-hybridized carbons (Fsp3) is 0.269. The molecule has 3 aromatic rings. The molecule has 4 rings (SSSR count). The second kappa shape index (κ2) is 10.5. The van der Waals surface area contributed by atoms with Crippen LogP contribution in [0.4, 0.5) is 10.1 Å². The molecule has 0 radical (unpaired) electrons. The number of aromatic nitrogens is 1. The Hall–Kier alpha value is -3.98. The van der Waals surface area contributed by atoms with Crippen molar-refractivity contribution in [1.82, 2.24) is 4.57 Å². The van der Waals surface area contributed by atoms with E-state index in [0.29, 0.717) is 47.2 Å². The van der Waals surface area contributed by atoms with E-state index in [2.05, 4.69) is 10.3 Å². The molecule has 0 fully saturated rings. The quantitative estimate of drug-likeness (QED) is 0.441. The second-order valence-corrected chi connectivity index (χ2v) is 7.81. The van der Waals surface area contributed by atoms with E-state index in [-0.39, 0.29) is 12.4 Å². The number of nitrogens with one attached hydrogen (secondary N) is 1. The van der Waals surface area contributed by atoms with Gasteiger partial charge in [-0.3, -0.25) is 0 Å². The lowest BCUT2D eigenvalue weighted by Gasteiger charge is -2.17. The zero-order valence-corrected chi connectivity index (χ0v) is 20.1. The number of hydrogen-bond acceptors (Lipinski definition) is 7. The summed E-state index contributed by atoms with van der Waals surface area (Å²) in [5, 5.41) is 13.2. The Balaban J connectivity index is 1.78. The van der Waals surface area contributed by atoms with Gasteiger partial charge in [0.25, 0.3) is 0 Å². The number of furan rings is 1. The molecule has 9 heteroatoms. The van der Waals surface area contributed by atoms with Crippen LogP contribution in [0.5, 0.6) is 17.2 Å². The number of rotatable bonds is 8. The van der Waals surface area contributed by atoms with Gasteiger partial charge in [0.05, 0.1) is 40.5 Å². The van der Waals surface area contributed by atoms with Crippen LogP contribution in [0.2, 0.25) is 0 Å². The highest BCUT2D eigenvalue weighted by Gasteiger charge is 2.21. The summed E-state index contributed by atoms with van der Waals surface area (Å²) in [6.07, 6.45) is 9.10. The van der Waals surface area contributed by atoms with Gasteiger partial charge in [0.1, 0.15) is 5.82 Å². The van der Waals surface area contributed by atoms with Crippen LogP contribution >= 0.6 is 0 Å². The number of benzene rings is 1. The van der Waals surface area contributed by atoms with E-state index in [1.54, 1.807) is 61.9 Å². The van der Waals surface area contributed by atoms with Gasteiger partial charge in [-0.25, -0.2) is 9.38 Å². The number of methoxy groups -OCH3 is 3. The molecule has 0 atom stereocenters. The Morgan fingerprint density at radius 1 is 1.14 bits per heavy atom. The van der Waals surface area contributed by atoms with Crippen LogP contribution in [0.3, 0.4) is 0 Å². The highest BCUT2D eigenvalue weighted by molar-refractivity contribution is 6.00. The summed E-state index contributed by atoms with van der Waals surface area (Å²) in [5.41, 5.74) is 3.72. The van der Waals surface area contributed by atoms with E-state index in [1.165, 1.54) is 13.2 Å². The standard InChI is InChI=1S/C26H28FN3O5/c1-5-16-6-7-21(27)26(30-12-18(14-31)20(13-30)17-8-9-35-15-17)29-25(16)28-19-10-22(32-2)24(34-4)23(11-19)33-3/h7-13,15,28,31H,5-6,14H2,1-4H3. The number of ether oxygens (including phenoxy) is 3. The monoisotopic (exact) mass is 481 g/mol. The maximum absolute atomic E-state index is 15.3. The SMILES string of the molecule is CCC1=C(Nc2cc(OC)c(OC)c(OC)c2)N=C(n2cc(CO)c(-c3ccoc3)c2)C(F)=CC1. The van der Waals surface area contributed by atoms with Crippen molar-refractivity contribution in [3.8, 4) is 28.4 Å². The van der Waals surface area contributed by atoms with Crippen LogP contribution in [-0.2, 0) is 6.61 Å². The molecule has 184 valence electrons. The Kier molecular flexibility index (Phi) is 7.26. The van der Waals surface area contributed by atoms with E-state index < -0.39 is 5.83 Å². The Labute approximate surface area is 202 Å². The minimum absolute atomic E-state index is 0.104. The highest BCUT2D eigenvalue weighted by atomic mass is 19.1. The van der Waals surface area contributed by atoms with Crippen molar-refractivity contribution in [2.45, 2.75) is 26.4 Å². The van der Waals surface area contributed by atoms with Crippen molar-refractivity contribution in [3.63, 3.8) is 0 Å². The molecular formula is C26H28FN3O5. The first-order valence-electron chi connectivity index (χ1n) is 11.1. The third-order valence-corrected chi connectivity index (χ3v) is 5.80. The zero-order valence-electron chi connectivity index (χ0n) is 20.1. The molecule has 0 amide bonds. The van der Waals surface area contributed by atoms with E-state index in [9.17, 15) is 5.11 Å². The number of halogens is 1. The number of aliphatic imine (C=N–C) groups is 1. The molecule has 0 unspecified atom stereocenters. The van der Waals surface area contributed by atoms with Gasteiger partial charge in [0.15, 0.2) is 23.2 Å². The smallest absolute Gasteiger partial charge is 0.203 e. The molecule has 35 heavy (non-hydrogen) atoms. The normalized spacial score (nSPS) is 13.8.